The molecule has 4 nitrogen and oxygen atoms in total. The van der Waals surface area contributed by atoms with Crippen LogP contribution >= 0.6 is 11.8 Å². The average molecular weight is 430 g/mol. The van der Waals surface area contributed by atoms with Crippen molar-refractivity contribution in [1.29, 1.82) is 0 Å². The van der Waals surface area contributed by atoms with Crippen molar-refractivity contribution in [3.05, 3.63) is 95.4 Å². The summed E-state index contributed by atoms with van der Waals surface area (Å²) < 4.78 is 5.73. The molecule has 0 saturated carbocycles. The number of benzene rings is 3. The number of carbonyl (C=O) groups is 2. The molecule has 0 aliphatic carbocycles. The summed E-state index contributed by atoms with van der Waals surface area (Å²) in [6.07, 6.45) is 0. The number of hydrogen-bond donors (Lipinski definition) is 0. The van der Waals surface area contributed by atoms with Crippen LogP contribution in [-0.2, 0) is 9.59 Å². The first-order chi connectivity index (χ1) is 15.0. The Morgan fingerprint density at radius 1 is 0.806 bits per heavy atom. The number of amides is 2. The van der Waals surface area contributed by atoms with Crippen molar-refractivity contribution < 1.29 is 14.3 Å². The molecule has 0 N–H and O–H groups in total. The van der Waals surface area contributed by atoms with E-state index >= 15 is 0 Å². The quantitative estimate of drug-likeness (QED) is 0.446. The first-order valence-corrected chi connectivity index (χ1v) is 11.0. The molecule has 4 rings (SSSR count). The molecule has 3 aromatic rings. The van der Waals surface area contributed by atoms with Crippen molar-refractivity contribution >= 4 is 34.8 Å². The molecule has 0 spiro atoms. The number of ether oxygens (including phenoxy) is 1. The highest BCUT2D eigenvalue weighted by Crippen LogP contribution is 2.41. The van der Waals surface area contributed by atoms with Gasteiger partial charge in [-0.3, -0.25) is 9.59 Å². The molecule has 156 valence electrons. The molecule has 0 atom stereocenters. The van der Waals surface area contributed by atoms with Crippen molar-refractivity contribution in [3.8, 4) is 5.75 Å². The van der Waals surface area contributed by atoms with E-state index in [1.54, 1.807) is 24.3 Å². The first kappa shape index (κ1) is 20.9. The summed E-state index contributed by atoms with van der Waals surface area (Å²) in [5, 5.41) is 0. The highest BCUT2D eigenvalue weighted by atomic mass is 32.2. The molecule has 3 aromatic carbocycles. The zero-order valence-electron chi connectivity index (χ0n) is 17.4. The van der Waals surface area contributed by atoms with E-state index in [4.69, 9.17) is 4.74 Å². The summed E-state index contributed by atoms with van der Waals surface area (Å²) in [6, 6.07) is 26.1. The third-order valence-electron chi connectivity index (χ3n) is 4.75. The molecule has 2 amide bonds. The van der Waals surface area contributed by atoms with Gasteiger partial charge in [0.1, 0.15) is 5.75 Å². The van der Waals surface area contributed by atoms with E-state index in [9.17, 15) is 9.59 Å². The van der Waals surface area contributed by atoms with Gasteiger partial charge >= 0.3 is 0 Å². The number of anilines is 1. The van der Waals surface area contributed by atoms with Crippen molar-refractivity contribution in [2.45, 2.75) is 18.7 Å². The summed E-state index contributed by atoms with van der Waals surface area (Å²) in [5.41, 5.74) is 1.70. The summed E-state index contributed by atoms with van der Waals surface area (Å²) >= 11 is 1.32. The third-order valence-corrected chi connectivity index (χ3v) is 5.84. The van der Waals surface area contributed by atoms with Gasteiger partial charge in [0.15, 0.2) is 0 Å². The van der Waals surface area contributed by atoms with E-state index < -0.39 is 0 Å². The standard InChI is InChI=1S/C26H23NO3S/c1-18(2)17-30-21-15-13-20(14-16-21)27-25(28)23(19-9-5-3-6-10-19)24(26(27)29)31-22-11-7-4-8-12-22/h3-16,18H,17H2,1-2H3. The lowest BCUT2D eigenvalue weighted by molar-refractivity contribution is -0.119. The Labute approximate surface area is 186 Å². The van der Waals surface area contributed by atoms with Crippen LogP contribution in [0.25, 0.3) is 5.57 Å². The second-order valence-corrected chi connectivity index (χ2v) is 8.71. The van der Waals surface area contributed by atoms with Crippen LogP contribution in [0.3, 0.4) is 0 Å². The molecule has 1 aliphatic rings. The van der Waals surface area contributed by atoms with Gasteiger partial charge in [0, 0.05) is 4.90 Å². The molecule has 0 saturated heterocycles. The Balaban J connectivity index is 1.68. The van der Waals surface area contributed by atoms with Crippen molar-refractivity contribution in [2.24, 2.45) is 5.92 Å². The number of thioether (sulfide) groups is 1. The highest BCUT2D eigenvalue weighted by molar-refractivity contribution is 8.04. The lowest BCUT2D eigenvalue weighted by Crippen LogP contribution is -2.31. The zero-order chi connectivity index (χ0) is 21.8. The van der Waals surface area contributed by atoms with Gasteiger partial charge < -0.3 is 4.74 Å². The second-order valence-electron chi connectivity index (χ2n) is 7.63. The van der Waals surface area contributed by atoms with Crippen LogP contribution < -0.4 is 9.64 Å². The monoisotopic (exact) mass is 429 g/mol. The third kappa shape index (κ3) is 4.57. The lowest BCUT2D eigenvalue weighted by Gasteiger charge is -2.16. The number of imide groups is 1. The van der Waals surface area contributed by atoms with Gasteiger partial charge in [-0.1, -0.05) is 74.1 Å². The van der Waals surface area contributed by atoms with E-state index in [0.29, 0.717) is 34.4 Å². The Kier molecular flexibility index (Phi) is 6.23. The van der Waals surface area contributed by atoms with Gasteiger partial charge in [0.2, 0.25) is 0 Å². The van der Waals surface area contributed by atoms with Gasteiger partial charge in [-0.15, -0.1) is 0 Å². The van der Waals surface area contributed by atoms with Crippen LogP contribution in [0, 0.1) is 5.92 Å². The predicted octanol–water partition coefficient (Wildman–Crippen LogP) is 5.80. The van der Waals surface area contributed by atoms with Crippen LogP contribution in [-0.4, -0.2) is 18.4 Å². The summed E-state index contributed by atoms with van der Waals surface area (Å²) in [7, 11) is 0. The molecule has 0 bridgehead atoms. The second kappa shape index (κ2) is 9.23. The van der Waals surface area contributed by atoms with Gasteiger partial charge in [0.05, 0.1) is 22.8 Å². The van der Waals surface area contributed by atoms with E-state index in [1.807, 2.05) is 60.7 Å². The average Bonchev–Trinajstić information content (AvgIpc) is 3.03. The maximum absolute atomic E-state index is 13.4. The Bertz CT molecular complexity index is 1110. The first-order valence-electron chi connectivity index (χ1n) is 10.2. The molecule has 0 radical (unpaired) electrons. The Hall–Kier alpha value is -3.31. The van der Waals surface area contributed by atoms with Crippen LogP contribution in [0.1, 0.15) is 19.4 Å². The van der Waals surface area contributed by atoms with Gasteiger partial charge in [-0.05, 0) is 47.9 Å². The van der Waals surface area contributed by atoms with Gasteiger partial charge in [-0.25, -0.2) is 4.90 Å². The zero-order valence-corrected chi connectivity index (χ0v) is 18.3. The normalized spacial score (nSPS) is 14.0. The Morgan fingerprint density at radius 2 is 1.42 bits per heavy atom. The minimum Gasteiger partial charge on any atom is -0.493 e. The lowest BCUT2D eigenvalue weighted by atomic mass is 10.1. The van der Waals surface area contributed by atoms with Gasteiger partial charge in [-0.2, -0.15) is 0 Å². The van der Waals surface area contributed by atoms with Crippen molar-refractivity contribution in [3.63, 3.8) is 0 Å². The van der Waals surface area contributed by atoms with Crippen molar-refractivity contribution in [2.75, 3.05) is 11.5 Å². The molecule has 0 aromatic heterocycles. The molecule has 0 unspecified atom stereocenters. The minimum absolute atomic E-state index is 0.312. The predicted molar refractivity (Wildman–Crippen MR) is 125 cm³/mol. The highest BCUT2D eigenvalue weighted by Gasteiger charge is 2.40. The maximum atomic E-state index is 13.4. The van der Waals surface area contributed by atoms with Crippen LogP contribution in [0.4, 0.5) is 5.69 Å². The molecule has 5 heteroatoms. The summed E-state index contributed by atoms with van der Waals surface area (Å²) in [4.78, 5) is 29.4. The molecular formula is C26H23NO3S. The van der Waals surface area contributed by atoms with Crippen LogP contribution in [0.15, 0.2) is 94.7 Å². The van der Waals surface area contributed by atoms with E-state index in [2.05, 4.69) is 13.8 Å². The fourth-order valence-corrected chi connectivity index (χ4v) is 4.27. The molecule has 1 aliphatic heterocycles. The maximum Gasteiger partial charge on any atom is 0.272 e. The summed E-state index contributed by atoms with van der Waals surface area (Å²) in [6.45, 7) is 4.77. The van der Waals surface area contributed by atoms with E-state index in [0.717, 1.165) is 10.5 Å². The van der Waals surface area contributed by atoms with E-state index in [-0.39, 0.29) is 11.8 Å². The fraction of sp³-hybridized carbons (Fsp3) is 0.154. The number of nitrogens with zero attached hydrogens (tertiary/aromatic N) is 1. The van der Waals surface area contributed by atoms with E-state index in [1.165, 1.54) is 16.7 Å². The minimum atomic E-state index is -0.314. The van der Waals surface area contributed by atoms with Crippen LogP contribution in [0.2, 0.25) is 0 Å². The number of carbonyl (C=O) groups excluding carboxylic acids is 2. The summed E-state index contributed by atoms with van der Waals surface area (Å²) in [5.74, 6) is 0.502. The Morgan fingerprint density at radius 3 is 2.03 bits per heavy atom. The van der Waals surface area contributed by atoms with Crippen molar-refractivity contribution in [1.82, 2.24) is 0 Å². The largest absolute Gasteiger partial charge is 0.493 e. The van der Waals surface area contributed by atoms with Gasteiger partial charge in [0.25, 0.3) is 11.8 Å². The topological polar surface area (TPSA) is 46.6 Å². The molecule has 31 heavy (non-hydrogen) atoms. The fourth-order valence-electron chi connectivity index (χ4n) is 3.26. The molecular weight excluding hydrogens is 406 g/mol. The number of hydrogen-bond acceptors (Lipinski definition) is 4. The molecule has 0 fully saturated rings. The number of rotatable bonds is 7. The SMILES string of the molecule is CC(C)COc1ccc(N2C(=O)C(Sc3ccccc3)=C(c3ccccc3)C2=O)cc1. The smallest absolute Gasteiger partial charge is 0.272 e. The molecule has 1 heterocycles. The van der Waals surface area contributed by atoms with Crippen LogP contribution in [0.5, 0.6) is 5.75 Å².